The highest BCUT2D eigenvalue weighted by Gasteiger charge is 2.35. The number of benzene rings is 1. The molecule has 0 radical (unpaired) electrons. The molecule has 2 unspecified atom stereocenters. The summed E-state index contributed by atoms with van der Waals surface area (Å²) < 4.78 is 12.2. The van der Waals surface area contributed by atoms with Crippen LogP contribution in [0.5, 0.6) is 0 Å². The largest absolute Gasteiger partial charge is 0.459 e. The number of thiazole rings is 1. The highest BCUT2D eigenvalue weighted by Crippen LogP contribution is 2.41. The van der Waals surface area contributed by atoms with E-state index in [4.69, 9.17) is 14.2 Å². The molecule has 0 bridgehead atoms. The van der Waals surface area contributed by atoms with Gasteiger partial charge in [-0.25, -0.2) is 4.98 Å². The molecular weight excluding hydrogens is 404 g/mol. The zero-order valence-electron chi connectivity index (χ0n) is 15.7. The first kappa shape index (κ1) is 18.5. The van der Waals surface area contributed by atoms with Crippen molar-refractivity contribution < 1.29 is 14.1 Å². The van der Waals surface area contributed by atoms with Crippen LogP contribution in [0.25, 0.3) is 20.9 Å². The van der Waals surface area contributed by atoms with Crippen LogP contribution < -0.4 is 0 Å². The monoisotopic (exact) mass is 424 g/mol. The number of para-hydroxylation sites is 1. The summed E-state index contributed by atoms with van der Waals surface area (Å²) in [5.74, 6) is 0.534. The fourth-order valence-corrected chi connectivity index (χ4v) is 5.76. The van der Waals surface area contributed by atoms with Crippen LogP contribution in [-0.4, -0.2) is 16.1 Å². The predicted molar refractivity (Wildman–Crippen MR) is 114 cm³/mol. The minimum atomic E-state index is -0.158. The molecule has 1 aromatic carbocycles. The van der Waals surface area contributed by atoms with Crippen LogP contribution in [0, 0.1) is 5.92 Å². The number of carbonyl (C=O) groups is 1. The lowest BCUT2D eigenvalue weighted by Crippen LogP contribution is -2.27. The second kappa shape index (κ2) is 8.08. The number of aromatic nitrogens is 2. The van der Waals surface area contributed by atoms with Crippen LogP contribution in [0.2, 0.25) is 0 Å². The fraction of sp³-hybridized carbons (Fsp3) is 0.318. The number of fused-ring (bicyclic) bond motifs is 1. The topological polar surface area (TPSA) is 65.2 Å². The molecule has 1 aliphatic rings. The number of hydrogen-bond donors (Lipinski definition) is 0. The van der Waals surface area contributed by atoms with E-state index in [9.17, 15) is 4.79 Å². The van der Waals surface area contributed by atoms with Gasteiger partial charge in [-0.15, -0.1) is 22.7 Å². The van der Waals surface area contributed by atoms with Gasteiger partial charge < -0.3 is 9.26 Å². The normalized spacial score (nSPS) is 19.4. The molecular formula is C22H20N2O3S2. The number of thiophene rings is 1. The number of rotatable bonds is 5. The van der Waals surface area contributed by atoms with Gasteiger partial charge in [-0.2, -0.15) is 0 Å². The first-order valence-corrected chi connectivity index (χ1v) is 11.5. The molecule has 0 spiro atoms. The van der Waals surface area contributed by atoms with E-state index in [0.29, 0.717) is 11.5 Å². The Hall–Kier alpha value is -2.51. The Morgan fingerprint density at radius 2 is 2.07 bits per heavy atom. The Morgan fingerprint density at radius 3 is 2.93 bits per heavy atom. The van der Waals surface area contributed by atoms with Gasteiger partial charge in [-0.1, -0.05) is 36.2 Å². The van der Waals surface area contributed by atoms with Crippen LogP contribution in [-0.2, 0) is 16.1 Å². The summed E-state index contributed by atoms with van der Waals surface area (Å²) >= 11 is 3.28. The van der Waals surface area contributed by atoms with E-state index >= 15 is 0 Å². The van der Waals surface area contributed by atoms with Crippen LogP contribution >= 0.6 is 22.7 Å². The number of ether oxygens (including phenoxy) is 1. The van der Waals surface area contributed by atoms with Gasteiger partial charge in [0.1, 0.15) is 12.3 Å². The summed E-state index contributed by atoms with van der Waals surface area (Å²) in [5.41, 5.74) is 1.64. The molecule has 1 saturated carbocycles. The number of nitrogens with zero attached hydrogens (tertiary/aromatic N) is 2. The van der Waals surface area contributed by atoms with Crippen molar-refractivity contribution in [1.29, 1.82) is 0 Å². The van der Waals surface area contributed by atoms with Crippen molar-refractivity contribution in [2.75, 3.05) is 0 Å². The van der Waals surface area contributed by atoms with Crippen molar-refractivity contribution in [2.24, 2.45) is 5.92 Å². The number of esters is 1. The van der Waals surface area contributed by atoms with E-state index in [2.05, 4.69) is 11.2 Å². The van der Waals surface area contributed by atoms with Gasteiger partial charge in [0.2, 0.25) is 0 Å². The van der Waals surface area contributed by atoms with E-state index in [0.717, 1.165) is 41.1 Å². The van der Waals surface area contributed by atoms with Gasteiger partial charge in [0.15, 0.2) is 5.76 Å². The van der Waals surface area contributed by atoms with Crippen LogP contribution in [0.4, 0.5) is 0 Å². The van der Waals surface area contributed by atoms with Crippen LogP contribution in [0.15, 0.2) is 52.4 Å². The smallest absolute Gasteiger partial charge is 0.310 e. The lowest BCUT2D eigenvalue weighted by Gasteiger charge is -2.28. The van der Waals surface area contributed by atoms with E-state index in [1.54, 1.807) is 22.7 Å². The molecule has 3 aromatic heterocycles. The zero-order chi connectivity index (χ0) is 19.6. The first-order chi connectivity index (χ1) is 14.3. The maximum atomic E-state index is 12.9. The maximum Gasteiger partial charge on any atom is 0.310 e. The predicted octanol–water partition coefficient (Wildman–Crippen LogP) is 6.03. The minimum Gasteiger partial charge on any atom is -0.459 e. The van der Waals surface area contributed by atoms with Crippen molar-refractivity contribution in [3.63, 3.8) is 0 Å². The average Bonchev–Trinajstić information content (AvgIpc) is 3.52. The van der Waals surface area contributed by atoms with Crippen molar-refractivity contribution >= 4 is 38.9 Å². The molecule has 1 fully saturated rings. The molecule has 0 saturated heterocycles. The Kier molecular flexibility index (Phi) is 5.16. The summed E-state index contributed by atoms with van der Waals surface area (Å²) in [6, 6.07) is 13.9. The Balaban J connectivity index is 1.28. The summed E-state index contributed by atoms with van der Waals surface area (Å²) in [6.07, 6.45) is 4.00. The summed E-state index contributed by atoms with van der Waals surface area (Å²) in [5, 5.41) is 7.08. The third kappa shape index (κ3) is 3.84. The lowest BCUT2D eigenvalue weighted by molar-refractivity contribution is -0.152. The molecule has 3 heterocycles. The Bertz CT molecular complexity index is 1080. The zero-order valence-corrected chi connectivity index (χ0v) is 17.4. The quantitative estimate of drug-likeness (QED) is 0.366. The van der Waals surface area contributed by atoms with E-state index < -0.39 is 0 Å². The van der Waals surface area contributed by atoms with E-state index in [-0.39, 0.29) is 24.4 Å². The Morgan fingerprint density at radius 1 is 1.17 bits per heavy atom. The molecule has 0 N–H and O–H groups in total. The molecule has 5 nitrogen and oxygen atoms in total. The van der Waals surface area contributed by atoms with Crippen molar-refractivity contribution in [1.82, 2.24) is 10.1 Å². The van der Waals surface area contributed by atoms with Crippen LogP contribution in [0.1, 0.15) is 42.3 Å². The highest BCUT2D eigenvalue weighted by molar-refractivity contribution is 7.18. The van der Waals surface area contributed by atoms with Crippen molar-refractivity contribution in [2.45, 2.75) is 38.2 Å². The first-order valence-electron chi connectivity index (χ1n) is 9.79. The summed E-state index contributed by atoms with van der Waals surface area (Å²) in [4.78, 5) is 18.7. The molecule has 0 aliphatic heterocycles. The molecule has 2 atom stereocenters. The number of carbonyl (C=O) groups excluding carboxylic acids is 1. The lowest BCUT2D eigenvalue weighted by atomic mass is 9.79. The molecule has 1 aliphatic carbocycles. The molecule has 7 heteroatoms. The van der Waals surface area contributed by atoms with Gasteiger partial charge in [-0.05, 0) is 36.4 Å². The summed E-state index contributed by atoms with van der Waals surface area (Å²) in [6.45, 7) is 0.136. The van der Waals surface area contributed by atoms with Gasteiger partial charge in [0, 0.05) is 12.0 Å². The van der Waals surface area contributed by atoms with Gasteiger partial charge in [0.05, 0.1) is 26.0 Å². The molecule has 4 aromatic rings. The SMILES string of the molecule is O=C(OCc1cc(-c2cccs2)on1)C1CCCCC1c1nc2ccccc2s1. The van der Waals surface area contributed by atoms with E-state index in [1.165, 1.54) is 4.70 Å². The van der Waals surface area contributed by atoms with E-state index in [1.807, 2.05) is 41.8 Å². The molecule has 0 amide bonds. The maximum absolute atomic E-state index is 12.9. The second-order valence-corrected chi connectivity index (χ2v) is 9.29. The van der Waals surface area contributed by atoms with Crippen molar-refractivity contribution in [3.8, 4) is 10.6 Å². The van der Waals surface area contributed by atoms with Gasteiger partial charge in [0.25, 0.3) is 0 Å². The van der Waals surface area contributed by atoms with Crippen LogP contribution in [0.3, 0.4) is 0 Å². The molecule has 5 rings (SSSR count). The Labute approximate surface area is 176 Å². The summed E-state index contributed by atoms with van der Waals surface area (Å²) in [7, 11) is 0. The second-order valence-electron chi connectivity index (χ2n) is 7.28. The van der Waals surface area contributed by atoms with Crippen molar-refractivity contribution in [3.05, 3.63) is 58.5 Å². The molecule has 29 heavy (non-hydrogen) atoms. The van der Waals surface area contributed by atoms with Gasteiger partial charge in [-0.3, -0.25) is 4.79 Å². The third-order valence-electron chi connectivity index (χ3n) is 5.38. The third-order valence-corrected chi connectivity index (χ3v) is 7.43. The highest BCUT2D eigenvalue weighted by atomic mass is 32.1. The minimum absolute atomic E-state index is 0.132. The van der Waals surface area contributed by atoms with Gasteiger partial charge >= 0.3 is 5.97 Å². The fourth-order valence-electron chi connectivity index (χ4n) is 3.92. The number of hydrogen-bond acceptors (Lipinski definition) is 7. The standard InChI is InChI=1S/C22H20N2O3S2/c25-22(26-13-14-12-18(27-24-14)20-10-5-11-28-20)16-7-2-1-6-15(16)21-23-17-8-3-4-9-19(17)29-21/h3-5,8-12,15-16H,1-2,6-7,13H2. The average molecular weight is 425 g/mol. The molecule has 148 valence electrons.